The van der Waals surface area contributed by atoms with Crippen molar-refractivity contribution in [1.29, 1.82) is 0 Å². The smallest absolute Gasteiger partial charge is 0.416 e. The van der Waals surface area contributed by atoms with E-state index in [1.54, 1.807) is 13.2 Å². The van der Waals surface area contributed by atoms with E-state index in [0.717, 1.165) is 38.4 Å². The molecule has 1 atom stereocenters. The van der Waals surface area contributed by atoms with Crippen LogP contribution in [0.5, 0.6) is 5.06 Å². The molecule has 0 saturated carbocycles. The predicted molar refractivity (Wildman–Crippen MR) is 134 cm³/mol. The molecule has 3 aromatic carbocycles. The molecule has 0 bridgehead atoms. The maximum atomic E-state index is 13.7. The van der Waals surface area contributed by atoms with Crippen molar-refractivity contribution < 1.29 is 22.4 Å². The number of nitrogens with zero attached hydrogens (tertiary/aromatic N) is 2. The standard InChI is InChI=1S/C27H22F3N3O2S/c1-16(22-9-5-7-17-6-3-4-8-23(17)22)26-32-25(33-35-26)18-12-19(27(28,29)30)14-20(13-18)31-15-21-10-11-24(34-2)36-21/h3-14,16,31H,15H2,1-2H3. The molecule has 2 heterocycles. The highest BCUT2D eigenvalue weighted by Crippen LogP contribution is 2.36. The summed E-state index contributed by atoms with van der Waals surface area (Å²) in [6.45, 7) is 2.29. The van der Waals surface area contributed by atoms with Crippen LogP contribution in [0.1, 0.15) is 34.7 Å². The van der Waals surface area contributed by atoms with E-state index in [0.29, 0.717) is 18.1 Å². The van der Waals surface area contributed by atoms with E-state index in [1.165, 1.54) is 11.3 Å². The largest absolute Gasteiger partial charge is 0.487 e. The van der Waals surface area contributed by atoms with Gasteiger partial charge in [-0.05, 0) is 53.6 Å². The molecule has 0 saturated heterocycles. The first-order chi connectivity index (χ1) is 17.3. The summed E-state index contributed by atoms with van der Waals surface area (Å²) in [5, 5.41) is 9.95. The second-order valence-corrected chi connectivity index (χ2v) is 9.45. The molecule has 5 rings (SSSR count). The van der Waals surface area contributed by atoms with Gasteiger partial charge in [0.1, 0.15) is 0 Å². The Hall–Kier alpha value is -3.85. The molecule has 5 aromatic rings. The van der Waals surface area contributed by atoms with Crippen LogP contribution in [0.3, 0.4) is 0 Å². The van der Waals surface area contributed by atoms with Crippen LogP contribution >= 0.6 is 11.3 Å². The Morgan fingerprint density at radius 1 is 1.03 bits per heavy atom. The number of halogens is 3. The predicted octanol–water partition coefficient (Wildman–Crippen LogP) is 7.74. The minimum atomic E-state index is -4.53. The first kappa shape index (κ1) is 23.9. The number of rotatable bonds is 7. The third-order valence-corrected chi connectivity index (χ3v) is 6.97. The fourth-order valence-electron chi connectivity index (χ4n) is 4.06. The Morgan fingerprint density at radius 3 is 2.61 bits per heavy atom. The van der Waals surface area contributed by atoms with Crippen molar-refractivity contribution in [3.8, 4) is 16.5 Å². The molecule has 5 nitrogen and oxygen atoms in total. The lowest BCUT2D eigenvalue weighted by atomic mass is 9.95. The maximum absolute atomic E-state index is 13.7. The summed E-state index contributed by atoms with van der Waals surface area (Å²) in [6, 6.07) is 21.3. The summed E-state index contributed by atoms with van der Waals surface area (Å²) in [5.74, 6) is 0.192. The lowest BCUT2D eigenvalue weighted by Gasteiger charge is -2.12. The van der Waals surface area contributed by atoms with Crippen molar-refractivity contribution in [2.75, 3.05) is 12.4 Å². The molecule has 0 aliphatic rings. The van der Waals surface area contributed by atoms with Crippen LogP contribution in [0.25, 0.3) is 22.2 Å². The molecule has 1 N–H and O–H groups in total. The summed E-state index contributed by atoms with van der Waals surface area (Å²) in [4.78, 5) is 5.40. The summed E-state index contributed by atoms with van der Waals surface area (Å²) in [5.41, 5.74) is 0.734. The molecule has 36 heavy (non-hydrogen) atoms. The number of anilines is 1. The fraction of sp³-hybridized carbons (Fsp3) is 0.185. The number of fused-ring (bicyclic) bond motifs is 1. The fourth-order valence-corrected chi connectivity index (χ4v) is 4.82. The number of alkyl halides is 3. The lowest BCUT2D eigenvalue weighted by Crippen LogP contribution is -2.07. The second kappa shape index (κ2) is 9.66. The molecule has 0 fully saturated rings. The molecule has 1 unspecified atom stereocenters. The van der Waals surface area contributed by atoms with Gasteiger partial charge in [0.15, 0.2) is 5.06 Å². The molecule has 9 heteroatoms. The van der Waals surface area contributed by atoms with Gasteiger partial charge in [0.05, 0.1) is 18.6 Å². The van der Waals surface area contributed by atoms with E-state index < -0.39 is 11.7 Å². The third kappa shape index (κ3) is 4.92. The lowest BCUT2D eigenvalue weighted by molar-refractivity contribution is -0.137. The van der Waals surface area contributed by atoms with Crippen molar-refractivity contribution in [2.45, 2.75) is 25.6 Å². The van der Waals surface area contributed by atoms with Gasteiger partial charge < -0.3 is 14.6 Å². The minimum absolute atomic E-state index is 0.101. The SMILES string of the molecule is COc1ccc(CNc2cc(-c3noc(C(C)c4cccc5ccccc45)n3)cc(C(F)(F)F)c2)s1. The molecule has 0 aliphatic carbocycles. The molecule has 0 amide bonds. The summed E-state index contributed by atoms with van der Waals surface area (Å²) >= 11 is 1.42. The van der Waals surface area contributed by atoms with Gasteiger partial charge in [-0.3, -0.25) is 0 Å². The molecule has 0 radical (unpaired) electrons. The Bertz CT molecular complexity index is 1500. The van der Waals surface area contributed by atoms with E-state index in [2.05, 4.69) is 15.5 Å². The number of methoxy groups -OCH3 is 1. The normalized spacial score (nSPS) is 12.6. The molecular weight excluding hydrogens is 487 g/mol. The van der Waals surface area contributed by atoms with Gasteiger partial charge in [-0.1, -0.05) is 47.6 Å². The van der Waals surface area contributed by atoms with E-state index in [4.69, 9.17) is 9.26 Å². The van der Waals surface area contributed by atoms with Crippen LogP contribution in [0, 0.1) is 0 Å². The van der Waals surface area contributed by atoms with Crippen molar-refractivity contribution in [3.63, 3.8) is 0 Å². The van der Waals surface area contributed by atoms with Gasteiger partial charge in [0.2, 0.25) is 11.7 Å². The highest BCUT2D eigenvalue weighted by Gasteiger charge is 2.32. The number of benzene rings is 3. The van der Waals surface area contributed by atoms with E-state index in [9.17, 15) is 13.2 Å². The first-order valence-electron chi connectivity index (χ1n) is 11.2. The van der Waals surface area contributed by atoms with Crippen LogP contribution in [0.4, 0.5) is 18.9 Å². The molecule has 2 aromatic heterocycles. The maximum Gasteiger partial charge on any atom is 0.416 e. The number of hydrogen-bond acceptors (Lipinski definition) is 6. The number of nitrogens with one attached hydrogen (secondary N) is 1. The Kier molecular flexibility index (Phi) is 6.40. The van der Waals surface area contributed by atoms with Crippen LogP contribution in [-0.2, 0) is 12.7 Å². The minimum Gasteiger partial charge on any atom is -0.487 e. The highest BCUT2D eigenvalue weighted by molar-refractivity contribution is 7.13. The zero-order chi connectivity index (χ0) is 25.3. The zero-order valence-electron chi connectivity index (χ0n) is 19.5. The van der Waals surface area contributed by atoms with E-state index in [1.807, 2.05) is 61.5 Å². The van der Waals surface area contributed by atoms with Crippen molar-refractivity contribution in [3.05, 3.63) is 94.7 Å². The average Bonchev–Trinajstić information content (AvgIpc) is 3.56. The van der Waals surface area contributed by atoms with Crippen LogP contribution in [0.15, 0.2) is 77.3 Å². The number of ether oxygens (including phenoxy) is 1. The number of thiophene rings is 1. The Labute approximate surface area is 209 Å². The van der Waals surface area contributed by atoms with Crippen LogP contribution < -0.4 is 10.1 Å². The molecule has 0 aliphatic heterocycles. The van der Waals surface area contributed by atoms with Gasteiger partial charge in [0, 0.05) is 22.7 Å². The summed E-state index contributed by atoms with van der Waals surface area (Å²) in [7, 11) is 1.57. The first-order valence-corrected chi connectivity index (χ1v) is 12.0. The summed E-state index contributed by atoms with van der Waals surface area (Å²) < 4.78 is 51.7. The molecule has 0 spiro atoms. The van der Waals surface area contributed by atoms with Gasteiger partial charge in [-0.25, -0.2) is 0 Å². The number of hydrogen-bond donors (Lipinski definition) is 1. The second-order valence-electron chi connectivity index (χ2n) is 8.32. The quantitative estimate of drug-likeness (QED) is 0.243. The average molecular weight is 510 g/mol. The van der Waals surface area contributed by atoms with Gasteiger partial charge in [0.25, 0.3) is 0 Å². The number of aromatic nitrogens is 2. The van der Waals surface area contributed by atoms with E-state index >= 15 is 0 Å². The molecular formula is C27H22F3N3O2S. The zero-order valence-corrected chi connectivity index (χ0v) is 20.3. The topological polar surface area (TPSA) is 60.2 Å². The van der Waals surface area contributed by atoms with Crippen LogP contribution in [0.2, 0.25) is 0 Å². The van der Waals surface area contributed by atoms with Crippen molar-refractivity contribution >= 4 is 27.8 Å². The Morgan fingerprint density at radius 2 is 1.83 bits per heavy atom. The highest BCUT2D eigenvalue weighted by atomic mass is 32.1. The van der Waals surface area contributed by atoms with Crippen LogP contribution in [-0.4, -0.2) is 17.3 Å². The summed E-state index contributed by atoms with van der Waals surface area (Å²) in [6.07, 6.45) is -4.53. The molecule has 184 valence electrons. The van der Waals surface area contributed by atoms with Gasteiger partial charge in [-0.2, -0.15) is 18.2 Å². The monoisotopic (exact) mass is 509 g/mol. The third-order valence-electron chi connectivity index (χ3n) is 5.93. The van der Waals surface area contributed by atoms with Crippen molar-refractivity contribution in [1.82, 2.24) is 10.1 Å². The van der Waals surface area contributed by atoms with E-state index in [-0.39, 0.29) is 17.3 Å². The Balaban J connectivity index is 1.45. The van der Waals surface area contributed by atoms with Gasteiger partial charge in [-0.15, -0.1) is 11.3 Å². The van der Waals surface area contributed by atoms with Gasteiger partial charge >= 0.3 is 6.18 Å². The van der Waals surface area contributed by atoms with Crippen molar-refractivity contribution in [2.24, 2.45) is 0 Å².